The Bertz CT molecular complexity index is 653. The van der Waals surface area contributed by atoms with Gasteiger partial charge in [0, 0.05) is 11.6 Å². The van der Waals surface area contributed by atoms with E-state index in [1.165, 1.54) is 7.11 Å². The first kappa shape index (κ1) is 16.0. The molecule has 0 fully saturated rings. The van der Waals surface area contributed by atoms with Crippen LogP contribution in [0.1, 0.15) is 38.2 Å². The van der Waals surface area contributed by atoms with Crippen LogP contribution in [0.5, 0.6) is 0 Å². The van der Waals surface area contributed by atoms with Crippen LogP contribution in [0, 0.1) is 17.2 Å². The van der Waals surface area contributed by atoms with Crippen LogP contribution in [0.2, 0.25) is 0 Å². The van der Waals surface area contributed by atoms with Crippen LogP contribution in [0.15, 0.2) is 46.6 Å². The van der Waals surface area contributed by atoms with Crippen molar-refractivity contribution in [1.29, 1.82) is 5.26 Å². The molecule has 4 heteroatoms. The Morgan fingerprint density at radius 1 is 1.36 bits per heavy atom. The number of carbonyl (C=O) groups excluding carboxylic acids is 1. The largest absolute Gasteiger partial charge is 0.466 e. The van der Waals surface area contributed by atoms with Crippen molar-refractivity contribution in [2.75, 3.05) is 7.11 Å². The minimum Gasteiger partial charge on any atom is -0.466 e. The molecular weight excluding hydrogens is 276 g/mol. The van der Waals surface area contributed by atoms with Gasteiger partial charge in [0.05, 0.1) is 30.4 Å². The number of nitrogens with zero attached hydrogens (tertiary/aromatic N) is 2. The fourth-order valence-electron chi connectivity index (χ4n) is 2.90. The topological polar surface area (TPSA) is 62.5 Å². The molecule has 2 unspecified atom stereocenters. The summed E-state index contributed by atoms with van der Waals surface area (Å²) in [5.41, 5.74) is 2.96. The number of rotatable bonds is 4. The van der Waals surface area contributed by atoms with Gasteiger partial charge in [0.2, 0.25) is 0 Å². The number of benzene rings is 1. The lowest BCUT2D eigenvalue weighted by molar-refractivity contribution is -0.136. The van der Waals surface area contributed by atoms with E-state index >= 15 is 0 Å². The molecular formula is C18H20N2O2. The maximum atomic E-state index is 12.3. The highest BCUT2D eigenvalue weighted by molar-refractivity contribution is 5.98. The molecule has 0 N–H and O–H groups in total. The number of ether oxygens (including phenoxy) is 1. The smallest absolute Gasteiger partial charge is 0.336 e. The second kappa shape index (κ2) is 7.04. The zero-order valence-corrected chi connectivity index (χ0v) is 13.2. The highest BCUT2D eigenvalue weighted by Crippen LogP contribution is 2.40. The summed E-state index contributed by atoms with van der Waals surface area (Å²) in [6, 6.07) is 11.9. The predicted molar refractivity (Wildman–Crippen MR) is 85.3 cm³/mol. The van der Waals surface area contributed by atoms with Gasteiger partial charge in [0.25, 0.3) is 0 Å². The summed E-state index contributed by atoms with van der Waals surface area (Å²) in [6.07, 6.45) is 1.58. The Kier molecular flexibility index (Phi) is 5.11. The second-order valence-corrected chi connectivity index (χ2v) is 5.35. The lowest BCUT2D eigenvalue weighted by Gasteiger charge is -2.29. The van der Waals surface area contributed by atoms with Gasteiger partial charge >= 0.3 is 5.97 Å². The third kappa shape index (κ3) is 2.94. The summed E-state index contributed by atoms with van der Waals surface area (Å²) >= 11 is 0. The molecule has 0 bridgehead atoms. The Morgan fingerprint density at radius 2 is 2.05 bits per heavy atom. The van der Waals surface area contributed by atoms with E-state index < -0.39 is 11.9 Å². The van der Waals surface area contributed by atoms with Gasteiger partial charge in [0.15, 0.2) is 0 Å². The first-order valence-corrected chi connectivity index (χ1v) is 7.45. The molecule has 1 aliphatic rings. The van der Waals surface area contributed by atoms with Gasteiger partial charge in [-0.15, -0.1) is 0 Å². The van der Waals surface area contributed by atoms with Crippen LogP contribution in [0.25, 0.3) is 0 Å². The summed E-state index contributed by atoms with van der Waals surface area (Å²) in [7, 11) is 1.37. The van der Waals surface area contributed by atoms with Crippen molar-refractivity contribution in [3.8, 4) is 6.07 Å². The van der Waals surface area contributed by atoms with E-state index in [4.69, 9.17) is 4.74 Å². The van der Waals surface area contributed by atoms with Gasteiger partial charge in [0.1, 0.15) is 0 Å². The Hall–Kier alpha value is -2.41. The molecule has 114 valence electrons. The average Bonchev–Trinajstić information content (AvgIpc) is 2.54. The number of aliphatic imine (C=N–C) groups is 1. The Balaban J connectivity index is 2.65. The lowest BCUT2D eigenvalue weighted by atomic mass is 9.76. The molecule has 0 saturated carbocycles. The maximum absolute atomic E-state index is 12.3. The lowest BCUT2D eigenvalue weighted by Crippen LogP contribution is -2.29. The van der Waals surface area contributed by atoms with Crippen molar-refractivity contribution in [3.05, 3.63) is 47.2 Å². The van der Waals surface area contributed by atoms with Crippen LogP contribution in [0.3, 0.4) is 0 Å². The number of allylic oxidation sites excluding steroid dienone is 1. The monoisotopic (exact) mass is 296 g/mol. The van der Waals surface area contributed by atoms with Crippen LogP contribution in [0.4, 0.5) is 0 Å². The van der Waals surface area contributed by atoms with E-state index in [-0.39, 0.29) is 5.92 Å². The minimum atomic E-state index is -0.447. The van der Waals surface area contributed by atoms with Crippen molar-refractivity contribution in [3.63, 3.8) is 0 Å². The fourth-order valence-corrected chi connectivity index (χ4v) is 2.90. The van der Waals surface area contributed by atoms with Gasteiger partial charge in [-0.05, 0) is 18.9 Å². The molecule has 0 aromatic heterocycles. The molecule has 1 aliphatic heterocycles. The molecule has 22 heavy (non-hydrogen) atoms. The molecule has 2 atom stereocenters. The zero-order valence-electron chi connectivity index (χ0n) is 13.2. The van der Waals surface area contributed by atoms with Crippen molar-refractivity contribution < 1.29 is 9.53 Å². The zero-order chi connectivity index (χ0) is 16.1. The second-order valence-electron chi connectivity index (χ2n) is 5.35. The normalized spacial score (nSPS) is 21.1. The van der Waals surface area contributed by atoms with Crippen molar-refractivity contribution in [1.82, 2.24) is 0 Å². The molecule has 2 rings (SSSR count). The van der Waals surface area contributed by atoms with Crippen LogP contribution in [-0.4, -0.2) is 18.8 Å². The Labute approximate surface area is 131 Å². The molecule has 0 aliphatic carbocycles. The highest BCUT2D eigenvalue weighted by Gasteiger charge is 2.38. The molecule has 4 nitrogen and oxygen atoms in total. The summed E-state index contributed by atoms with van der Waals surface area (Å²) in [6.45, 7) is 3.90. The summed E-state index contributed by atoms with van der Waals surface area (Å²) in [4.78, 5) is 16.9. The van der Waals surface area contributed by atoms with Crippen LogP contribution < -0.4 is 0 Å². The highest BCUT2D eigenvalue weighted by atomic mass is 16.5. The Morgan fingerprint density at radius 3 is 2.59 bits per heavy atom. The van der Waals surface area contributed by atoms with Crippen molar-refractivity contribution in [2.24, 2.45) is 10.9 Å². The van der Waals surface area contributed by atoms with E-state index in [1.54, 1.807) is 0 Å². The quantitative estimate of drug-likeness (QED) is 0.797. The van der Waals surface area contributed by atoms with E-state index in [2.05, 4.69) is 11.1 Å². The number of methoxy groups -OCH3 is 1. The van der Waals surface area contributed by atoms with E-state index in [1.807, 2.05) is 44.2 Å². The van der Waals surface area contributed by atoms with Gasteiger partial charge < -0.3 is 4.74 Å². The van der Waals surface area contributed by atoms with Gasteiger partial charge in [-0.3, -0.25) is 4.99 Å². The first-order chi connectivity index (χ1) is 10.6. The molecule has 0 spiro atoms. The summed E-state index contributed by atoms with van der Waals surface area (Å²) in [5.74, 6) is -1.16. The van der Waals surface area contributed by atoms with Crippen molar-refractivity contribution >= 4 is 11.7 Å². The first-order valence-electron chi connectivity index (χ1n) is 7.45. The standard InChI is InChI=1S/C18H20N2O2/c1-4-8-15-17(18(21)22-3)16(13-9-6-5-7-10-13)14(11-19)12(2)20-15/h5-7,9-10,14,16H,4,8H2,1-3H3. The van der Waals surface area contributed by atoms with Gasteiger partial charge in [-0.2, -0.15) is 5.26 Å². The SMILES string of the molecule is CCCC1=C(C(=O)OC)C(c2ccccc2)C(C#N)C(C)=N1. The van der Waals surface area contributed by atoms with E-state index in [0.717, 1.165) is 23.4 Å². The molecule has 0 saturated heterocycles. The molecule has 1 heterocycles. The average molecular weight is 296 g/mol. The van der Waals surface area contributed by atoms with Gasteiger partial charge in [-0.1, -0.05) is 43.7 Å². The summed E-state index contributed by atoms with van der Waals surface area (Å²) < 4.78 is 4.97. The van der Waals surface area contributed by atoms with E-state index in [0.29, 0.717) is 12.0 Å². The number of esters is 1. The van der Waals surface area contributed by atoms with Crippen molar-refractivity contribution in [2.45, 2.75) is 32.6 Å². The molecule has 0 amide bonds. The summed E-state index contributed by atoms with van der Waals surface area (Å²) in [5, 5.41) is 9.58. The third-order valence-electron chi connectivity index (χ3n) is 3.91. The number of carbonyl (C=O) groups is 1. The number of hydrogen-bond donors (Lipinski definition) is 0. The number of hydrogen-bond acceptors (Lipinski definition) is 4. The minimum absolute atomic E-state index is 0.322. The van der Waals surface area contributed by atoms with E-state index in [9.17, 15) is 10.1 Å². The molecule has 0 radical (unpaired) electrons. The van der Waals surface area contributed by atoms with Crippen LogP contribution in [-0.2, 0) is 9.53 Å². The molecule has 1 aromatic carbocycles. The maximum Gasteiger partial charge on any atom is 0.336 e. The molecule has 1 aromatic rings. The fraction of sp³-hybridized carbons (Fsp3) is 0.389. The number of nitriles is 1. The van der Waals surface area contributed by atoms with Gasteiger partial charge in [-0.25, -0.2) is 4.79 Å². The third-order valence-corrected chi connectivity index (χ3v) is 3.91. The van der Waals surface area contributed by atoms with Crippen LogP contribution >= 0.6 is 0 Å². The predicted octanol–water partition coefficient (Wildman–Crippen LogP) is 3.61.